The van der Waals surface area contributed by atoms with Crippen LogP contribution in [0.25, 0.3) is 11.1 Å². The lowest BCUT2D eigenvalue weighted by Gasteiger charge is -2.32. The highest BCUT2D eigenvalue weighted by Gasteiger charge is 2.32. The van der Waals surface area contributed by atoms with Crippen molar-refractivity contribution >= 4 is 23.6 Å². The molecule has 0 saturated carbocycles. The van der Waals surface area contributed by atoms with Gasteiger partial charge in [-0.1, -0.05) is 87.9 Å². The molecule has 5 N–H and O–H groups in total. The molecule has 2 amide bonds. The molecule has 0 aliphatic rings. The molecular weight excluding hydrogens is 580 g/mol. The van der Waals surface area contributed by atoms with Crippen LogP contribution in [0.15, 0.2) is 77.9 Å². The third kappa shape index (κ3) is 9.34. The zero-order valence-corrected chi connectivity index (χ0v) is 25.5. The van der Waals surface area contributed by atoms with Crippen molar-refractivity contribution in [3.63, 3.8) is 0 Å². The molecule has 0 aromatic heterocycles. The first-order valence-corrected chi connectivity index (χ1v) is 14.4. The summed E-state index contributed by atoms with van der Waals surface area (Å²) in [6, 6.07) is 19.5. The molecule has 238 valence electrons. The van der Waals surface area contributed by atoms with Crippen molar-refractivity contribution < 1.29 is 29.4 Å². The molecule has 0 heterocycles. The Bertz CT molecular complexity index is 1540. The molecule has 1 unspecified atom stereocenters. The average Bonchev–Trinajstić information content (AvgIpc) is 3.02. The van der Waals surface area contributed by atoms with Gasteiger partial charge in [0.2, 0.25) is 5.91 Å². The molecule has 13 nitrogen and oxygen atoms in total. The molecule has 1 atom stereocenters. The van der Waals surface area contributed by atoms with E-state index in [9.17, 15) is 29.6 Å². The van der Waals surface area contributed by atoms with E-state index in [1.165, 1.54) is 23.1 Å². The SMILES string of the molecule is CCCCC(=O)N(Cc1ccc(-c2ccccc2/C(N)=N/N(N)C(=O)c2cccc(CO[N+](=O)[O-])c2)cc1)C(C(=O)O)C(C)C. The molecule has 0 bridgehead atoms. The molecular formula is C32H38N6O7. The first-order valence-electron chi connectivity index (χ1n) is 14.4. The Balaban J connectivity index is 1.84. The van der Waals surface area contributed by atoms with Crippen LogP contribution in [0.1, 0.15) is 67.1 Å². The fraction of sp³-hybridized carbons (Fsp3) is 0.312. The first-order chi connectivity index (χ1) is 21.4. The number of carbonyl (C=O) groups is 3. The number of nitrogens with zero attached hydrogens (tertiary/aromatic N) is 4. The van der Waals surface area contributed by atoms with E-state index in [-0.39, 0.29) is 42.8 Å². The summed E-state index contributed by atoms with van der Waals surface area (Å²) in [5, 5.41) is 24.1. The lowest BCUT2D eigenvalue weighted by Crippen LogP contribution is -2.47. The number of hydrogen-bond acceptors (Lipinski definition) is 8. The van der Waals surface area contributed by atoms with Crippen LogP contribution in [0, 0.1) is 16.0 Å². The van der Waals surface area contributed by atoms with Gasteiger partial charge in [0.15, 0.2) is 5.84 Å². The monoisotopic (exact) mass is 618 g/mol. The predicted molar refractivity (Wildman–Crippen MR) is 168 cm³/mol. The van der Waals surface area contributed by atoms with Gasteiger partial charge >= 0.3 is 5.97 Å². The van der Waals surface area contributed by atoms with Gasteiger partial charge in [-0.15, -0.1) is 15.2 Å². The number of hydrazone groups is 1. The summed E-state index contributed by atoms with van der Waals surface area (Å²) in [5.74, 6) is 3.69. The highest BCUT2D eigenvalue weighted by molar-refractivity contribution is 6.04. The number of carbonyl (C=O) groups excluding carboxylic acids is 2. The zero-order chi connectivity index (χ0) is 33.1. The van der Waals surface area contributed by atoms with Crippen LogP contribution >= 0.6 is 0 Å². The molecule has 0 aliphatic heterocycles. The number of benzene rings is 3. The summed E-state index contributed by atoms with van der Waals surface area (Å²) in [6.45, 7) is 5.36. The zero-order valence-electron chi connectivity index (χ0n) is 25.5. The maximum Gasteiger partial charge on any atom is 0.326 e. The van der Waals surface area contributed by atoms with E-state index in [1.54, 1.807) is 32.0 Å². The third-order valence-electron chi connectivity index (χ3n) is 7.04. The predicted octanol–water partition coefficient (Wildman–Crippen LogP) is 4.33. The maximum absolute atomic E-state index is 13.0. The van der Waals surface area contributed by atoms with E-state index < -0.39 is 23.0 Å². The van der Waals surface area contributed by atoms with Gasteiger partial charge < -0.3 is 20.6 Å². The summed E-state index contributed by atoms with van der Waals surface area (Å²) in [6.07, 6.45) is 1.78. The summed E-state index contributed by atoms with van der Waals surface area (Å²) in [5.41, 5.74) is 9.56. The summed E-state index contributed by atoms with van der Waals surface area (Å²) >= 11 is 0. The minimum atomic E-state index is -1.04. The average molecular weight is 619 g/mol. The van der Waals surface area contributed by atoms with Crippen LogP contribution in [0.5, 0.6) is 0 Å². The van der Waals surface area contributed by atoms with Crippen LogP contribution in [-0.2, 0) is 27.6 Å². The van der Waals surface area contributed by atoms with E-state index in [0.717, 1.165) is 17.5 Å². The number of amidine groups is 1. The van der Waals surface area contributed by atoms with Crippen molar-refractivity contribution in [1.82, 2.24) is 10.0 Å². The van der Waals surface area contributed by atoms with Crippen LogP contribution in [-0.4, -0.2) is 49.9 Å². The van der Waals surface area contributed by atoms with E-state index in [0.29, 0.717) is 28.2 Å². The van der Waals surface area contributed by atoms with E-state index >= 15 is 0 Å². The number of unbranched alkanes of at least 4 members (excludes halogenated alkanes) is 1. The Morgan fingerprint density at radius 2 is 1.71 bits per heavy atom. The number of hydrazine groups is 1. The third-order valence-corrected chi connectivity index (χ3v) is 7.04. The summed E-state index contributed by atoms with van der Waals surface area (Å²) in [4.78, 5) is 54.3. The minimum Gasteiger partial charge on any atom is -0.480 e. The first kappa shape index (κ1) is 34.2. The number of rotatable bonds is 15. The van der Waals surface area contributed by atoms with Gasteiger partial charge in [-0.05, 0) is 46.7 Å². The van der Waals surface area contributed by atoms with Crippen molar-refractivity contribution in [1.29, 1.82) is 0 Å². The van der Waals surface area contributed by atoms with Crippen molar-refractivity contribution in [3.05, 3.63) is 105 Å². The molecule has 3 aromatic carbocycles. The Hall–Kier alpha value is -5.30. The van der Waals surface area contributed by atoms with Crippen LogP contribution in [0.4, 0.5) is 0 Å². The second-order valence-electron chi connectivity index (χ2n) is 10.7. The van der Waals surface area contributed by atoms with E-state index in [4.69, 9.17) is 11.6 Å². The highest BCUT2D eigenvalue weighted by Crippen LogP contribution is 2.26. The molecule has 45 heavy (non-hydrogen) atoms. The topological polar surface area (TPSA) is 195 Å². The largest absolute Gasteiger partial charge is 0.480 e. The number of hydrogen-bond donors (Lipinski definition) is 3. The smallest absolute Gasteiger partial charge is 0.326 e. The minimum absolute atomic E-state index is 0.0349. The molecule has 3 rings (SSSR count). The normalized spacial score (nSPS) is 12.0. The molecule has 3 aromatic rings. The van der Waals surface area contributed by atoms with E-state index in [2.05, 4.69) is 9.94 Å². The molecule has 13 heteroatoms. The molecule has 0 spiro atoms. The number of aliphatic carboxylic acids is 1. The number of amides is 2. The Labute approximate surface area is 261 Å². The highest BCUT2D eigenvalue weighted by atomic mass is 16.9. The Morgan fingerprint density at radius 3 is 2.33 bits per heavy atom. The molecule has 0 fully saturated rings. The van der Waals surface area contributed by atoms with Crippen LogP contribution in [0.3, 0.4) is 0 Å². The lowest BCUT2D eigenvalue weighted by atomic mass is 9.97. The van der Waals surface area contributed by atoms with E-state index in [1.807, 2.05) is 43.3 Å². The summed E-state index contributed by atoms with van der Waals surface area (Å²) in [7, 11) is 0. The standard InChI is InChI=1S/C32H38N6O7/c1-4-5-13-28(39)36(29(21(2)3)32(41)42)19-22-14-16-24(17-15-22)26-11-6-7-12-27(26)30(33)35-37(34)31(40)25-10-8-9-23(18-25)20-45-38(43)44/h6-12,14-18,21,29H,4-5,13,19-20,34H2,1-3H3,(H2,33,35)(H,41,42). The van der Waals surface area contributed by atoms with Gasteiger partial charge in [0.1, 0.15) is 12.6 Å². The molecule has 0 aliphatic carbocycles. The van der Waals surface area contributed by atoms with Gasteiger partial charge in [0, 0.05) is 24.1 Å². The number of nitrogens with two attached hydrogens (primary N) is 2. The van der Waals surface area contributed by atoms with Gasteiger partial charge in [-0.3, -0.25) is 9.59 Å². The van der Waals surface area contributed by atoms with Gasteiger partial charge in [0.25, 0.3) is 11.0 Å². The van der Waals surface area contributed by atoms with Gasteiger partial charge in [-0.25, -0.2) is 10.6 Å². The Kier molecular flexibility index (Phi) is 12.1. The number of carboxylic acids is 1. The van der Waals surface area contributed by atoms with Crippen molar-refractivity contribution in [2.45, 2.75) is 59.2 Å². The maximum atomic E-state index is 13.0. The van der Waals surface area contributed by atoms with Crippen LogP contribution < -0.4 is 11.6 Å². The second kappa shape index (κ2) is 16.0. The molecule has 0 radical (unpaired) electrons. The molecule has 0 saturated heterocycles. The summed E-state index contributed by atoms with van der Waals surface area (Å²) < 4.78 is 0. The van der Waals surface area contributed by atoms with Crippen LogP contribution in [0.2, 0.25) is 0 Å². The van der Waals surface area contributed by atoms with Crippen molar-refractivity contribution in [2.24, 2.45) is 22.6 Å². The van der Waals surface area contributed by atoms with Crippen molar-refractivity contribution in [3.8, 4) is 11.1 Å². The second-order valence-corrected chi connectivity index (χ2v) is 10.7. The fourth-order valence-corrected chi connectivity index (χ4v) is 4.81. The van der Waals surface area contributed by atoms with Crippen molar-refractivity contribution in [2.75, 3.05) is 0 Å². The number of carboxylic acid groups (broad SMARTS) is 1. The Morgan fingerprint density at radius 1 is 1.02 bits per heavy atom. The quantitative estimate of drug-likeness (QED) is 0.0555. The fourth-order valence-electron chi connectivity index (χ4n) is 4.81. The van der Waals surface area contributed by atoms with Gasteiger partial charge in [-0.2, -0.15) is 5.12 Å². The lowest BCUT2D eigenvalue weighted by molar-refractivity contribution is -0.763. The van der Waals surface area contributed by atoms with Gasteiger partial charge in [0.05, 0.1) is 0 Å².